The number of anilines is 2. The third-order valence-electron chi connectivity index (χ3n) is 2.32. The van der Waals surface area contributed by atoms with Crippen LogP contribution < -0.4 is 16.6 Å². The maximum Gasteiger partial charge on any atom is 0.276 e. The quantitative estimate of drug-likeness (QED) is 0.558. The summed E-state index contributed by atoms with van der Waals surface area (Å²) in [6.45, 7) is 1.96. The molecule has 6 heteroatoms. The first kappa shape index (κ1) is 12.0. The van der Waals surface area contributed by atoms with E-state index in [1.54, 1.807) is 12.1 Å². The van der Waals surface area contributed by atoms with Crippen LogP contribution in [0.25, 0.3) is 0 Å². The summed E-state index contributed by atoms with van der Waals surface area (Å²) < 4.78 is 0. The molecule has 0 bridgehead atoms. The van der Waals surface area contributed by atoms with Crippen LogP contribution in [0.2, 0.25) is 0 Å². The molecule has 4 N–H and O–H groups in total. The summed E-state index contributed by atoms with van der Waals surface area (Å²) in [7, 11) is 0. The highest BCUT2D eigenvalue weighted by molar-refractivity contribution is 6.02. The van der Waals surface area contributed by atoms with Gasteiger partial charge in [-0.15, -0.1) is 10.2 Å². The lowest BCUT2D eigenvalue weighted by Crippen LogP contribution is -2.16. The largest absolute Gasteiger partial charge is 0.321 e. The number of hydrogen-bond donors (Lipinski definition) is 3. The van der Waals surface area contributed by atoms with Crippen molar-refractivity contribution in [2.24, 2.45) is 5.84 Å². The SMILES string of the molecule is Cc1cccc(NC(=O)c2ccc(NN)nn2)c1. The van der Waals surface area contributed by atoms with Crippen LogP contribution in [-0.2, 0) is 0 Å². The Balaban J connectivity index is 2.11. The summed E-state index contributed by atoms with van der Waals surface area (Å²) in [4.78, 5) is 11.9. The molecule has 1 aromatic carbocycles. The topological polar surface area (TPSA) is 92.9 Å². The normalized spacial score (nSPS) is 9.89. The van der Waals surface area contributed by atoms with Gasteiger partial charge in [-0.05, 0) is 36.8 Å². The van der Waals surface area contributed by atoms with Crippen LogP contribution in [-0.4, -0.2) is 16.1 Å². The fourth-order valence-electron chi connectivity index (χ4n) is 1.45. The van der Waals surface area contributed by atoms with Gasteiger partial charge in [0.05, 0.1) is 0 Å². The molecule has 1 amide bonds. The van der Waals surface area contributed by atoms with E-state index in [2.05, 4.69) is 20.9 Å². The Kier molecular flexibility index (Phi) is 3.49. The highest BCUT2D eigenvalue weighted by Crippen LogP contribution is 2.11. The van der Waals surface area contributed by atoms with Crippen molar-refractivity contribution in [3.8, 4) is 0 Å². The Morgan fingerprint density at radius 2 is 2.06 bits per heavy atom. The lowest BCUT2D eigenvalue weighted by Gasteiger charge is -2.05. The van der Waals surface area contributed by atoms with Crippen LogP contribution >= 0.6 is 0 Å². The molecule has 92 valence electrons. The second-order valence-corrected chi connectivity index (χ2v) is 3.77. The number of rotatable bonds is 3. The van der Waals surface area contributed by atoms with Gasteiger partial charge in [0, 0.05) is 5.69 Å². The Morgan fingerprint density at radius 3 is 2.67 bits per heavy atom. The van der Waals surface area contributed by atoms with Crippen molar-refractivity contribution in [1.29, 1.82) is 0 Å². The summed E-state index contributed by atoms with van der Waals surface area (Å²) in [5.41, 5.74) is 4.37. The van der Waals surface area contributed by atoms with E-state index >= 15 is 0 Å². The molecule has 0 atom stereocenters. The molecule has 0 unspecified atom stereocenters. The molecule has 18 heavy (non-hydrogen) atoms. The number of nitrogens with one attached hydrogen (secondary N) is 2. The lowest BCUT2D eigenvalue weighted by atomic mass is 10.2. The predicted molar refractivity (Wildman–Crippen MR) is 69.0 cm³/mol. The van der Waals surface area contributed by atoms with Gasteiger partial charge in [0.25, 0.3) is 5.91 Å². The number of carbonyl (C=O) groups is 1. The van der Waals surface area contributed by atoms with E-state index in [1.165, 1.54) is 0 Å². The minimum Gasteiger partial charge on any atom is -0.321 e. The van der Waals surface area contributed by atoms with Gasteiger partial charge in [0.1, 0.15) is 0 Å². The Morgan fingerprint density at radius 1 is 1.22 bits per heavy atom. The molecular formula is C12H13N5O. The summed E-state index contributed by atoms with van der Waals surface area (Å²) in [5.74, 6) is 5.26. The molecule has 0 aliphatic heterocycles. The summed E-state index contributed by atoms with van der Waals surface area (Å²) in [6.07, 6.45) is 0. The zero-order valence-corrected chi connectivity index (χ0v) is 9.84. The minimum absolute atomic E-state index is 0.232. The Bertz CT molecular complexity index is 553. The van der Waals surface area contributed by atoms with E-state index < -0.39 is 0 Å². The van der Waals surface area contributed by atoms with E-state index in [4.69, 9.17) is 5.84 Å². The maximum atomic E-state index is 11.9. The monoisotopic (exact) mass is 243 g/mol. The molecule has 0 saturated carbocycles. The molecule has 0 aliphatic rings. The molecule has 0 fully saturated rings. The van der Waals surface area contributed by atoms with E-state index in [0.29, 0.717) is 5.82 Å². The molecule has 1 aromatic heterocycles. The third kappa shape index (κ3) is 2.80. The highest BCUT2D eigenvalue weighted by atomic mass is 16.1. The van der Waals surface area contributed by atoms with Crippen LogP contribution in [0.5, 0.6) is 0 Å². The molecule has 1 heterocycles. The van der Waals surface area contributed by atoms with Gasteiger partial charge in [-0.25, -0.2) is 5.84 Å². The first-order valence-electron chi connectivity index (χ1n) is 5.37. The second kappa shape index (κ2) is 5.24. The number of benzene rings is 1. The number of nitrogen functional groups attached to an aromatic ring is 1. The summed E-state index contributed by atoms with van der Waals surface area (Å²) in [6, 6.07) is 10.6. The maximum absolute atomic E-state index is 11.9. The molecular weight excluding hydrogens is 230 g/mol. The van der Waals surface area contributed by atoms with E-state index in [9.17, 15) is 4.79 Å². The van der Waals surface area contributed by atoms with E-state index in [1.807, 2.05) is 31.2 Å². The van der Waals surface area contributed by atoms with Gasteiger partial charge in [-0.2, -0.15) is 0 Å². The van der Waals surface area contributed by atoms with Gasteiger partial charge in [-0.3, -0.25) is 4.79 Å². The molecule has 2 rings (SSSR count). The molecule has 0 aliphatic carbocycles. The number of nitrogens with zero attached hydrogens (tertiary/aromatic N) is 2. The van der Waals surface area contributed by atoms with Crippen molar-refractivity contribution in [3.05, 3.63) is 47.7 Å². The predicted octanol–water partition coefficient (Wildman–Crippen LogP) is 1.32. The van der Waals surface area contributed by atoms with Crippen molar-refractivity contribution in [3.63, 3.8) is 0 Å². The van der Waals surface area contributed by atoms with Crippen molar-refractivity contribution >= 4 is 17.4 Å². The fraction of sp³-hybridized carbons (Fsp3) is 0.0833. The summed E-state index contributed by atoms with van der Waals surface area (Å²) >= 11 is 0. The van der Waals surface area contributed by atoms with Crippen LogP contribution in [0.1, 0.15) is 16.1 Å². The third-order valence-corrected chi connectivity index (χ3v) is 2.32. The van der Waals surface area contributed by atoms with Gasteiger partial charge < -0.3 is 10.7 Å². The number of carbonyl (C=O) groups excluding carboxylic acids is 1. The van der Waals surface area contributed by atoms with Crippen molar-refractivity contribution in [2.75, 3.05) is 10.7 Å². The highest BCUT2D eigenvalue weighted by Gasteiger charge is 2.08. The molecule has 0 spiro atoms. The average molecular weight is 243 g/mol. The van der Waals surface area contributed by atoms with Crippen LogP contribution in [0.3, 0.4) is 0 Å². The van der Waals surface area contributed by atoms with Crippen molar-refractivity contribution in [1.82, 2.24) is 10.2 Å². The Labute approximate surface area is 104 Å². The molecule has 6 nitrogen and oxygen atoms in total. The first-order valence-corrected chi connectivity index (χ1v) is 5.37. The van der Waals surface area contributed by atoms with Crippen LogP contribution in [0, 0.1) is 6.92 Å². The number of nitrogens with two attached hydrogens (primary N) is 1. The average Bonchev–Trinajstić information content (AvgIpc) is 2.39. The van der Waals surface area contributed by atoms with E-state index in [0.717, 1.165) is 11.3 Å². The fourth-order valence-corrected chi connectivity index (χ4v) is 1.45. The minimum atomic E-state index is -0.309. The standard InChI is InChI=1S/C12H13N5O/c1-8-3-2-4-9(7-8)14-12(18)10-5-6-11(15-13)17-16-10/h2-7H,13H2,1H3,(H,14,18)(H,15,17). The molecule has 2 aromatic rings. The summed E-state index contributed by atoms with van der Waals surface area (Å²) in [5, 5.41) is 10.2. The molecule has 0 saturated heterocycles. The lowest BCUT2D eigenvalue weighted by molar-refractivity contribution is 0.102. The number of hydrazine groups is 1. The smallest absolute Gasteiger partial charge is 0.276 e. The van der Waals surface area contributed by atoms with Gasteiger partial charge in [0.2, 0.25) is 0 Å². The van der Waals surface area contributed by atoms with Gasteiger partial charge in [-0.1, -0.05) is 12.1 Å². The van der Waals surface area contributed by atoms with Crippen molar-refractivity contribution in [2.45, 2.75) is 6.92 Å². The van der Waals surface area contributed by atoms with E-state index in [-0.39, 0.29) is 11.6 Å². The number of amides is 1. The number of aryl methyl sites for hydroxylation is 1. The zero-order valence-electron chi connectivity index (χ0n) is 9.84. The van der Waals surface area contributed by atoms with Crippen LogP contribution in [0.15, 0.2) is 36.4 Å². The zero-order chi connectivity index (χ0) is 13.0. The number of aromatic nitrogens is 2. The van der Waals surface area contributed by atoms with Crippen LogP contribution in [0.4, 0.5) is 11.5 Å². The Hall–Kier alpha value is -2.47. The first-order chi connectivity index (χ1) is 8.69. The van der Waals surface area contributed by atoms with Gasteiger partial charge in [0.15, 0.2) is 11.5 Å². The number of hydrogen-bond acceptors (Lipinski definition) is 5. The van der Waals surface area contributed by atoms with Crippen molar-refractivity contribution < 1.29 is 4.79 Å². The van der Waals surface area contributed by atoms with Gasteiger partial charge >= 0.3 is 0 Å². The second-order valence-electron chi connectivity index (χ2n) is 3.77. The molecule has 0 radical (unpaired) electrons.